The predicted octanol–water partition coefficient (Wildman–Crippen LogP) is 2.49. The molecule has 4 nitrogen and oxygen atoms in total. The average molecular weight is 253 g/mol. The first-order valence-corrected chi connectivity index (χ1v) is 7.00. The molecule has 4 heteroatoms. The summed E-state index contributed by atoms with van der Waals surface area (Å²) in [5.41, 5.74) is 0.871. The third-order valence-corrected chi connectivity index (χ3v) is 4.01. The molecule has 1 rings (SSSR count). The van der Waals surface area contributed by atoms with Crippen LogP contribution in [0.5, 0.6) is 0 Å². The lowest BCUT2D eigenvalue weighted by Crippen LogP contribution is -2.47. The number of aliphatic hydroxyl groups excluding tert-OH is 1. The van der Waals surface area contributed by atoms with Crippen molar-refractivity contribution in [3.8, 4) is 0 Å². The Morgan fingerprint density at radius 3 is 2.56 bits per heavy atom. The molecule has 1 aromatic rings. The van der Waals surface area contributed by atoms with E-state index in [1.54, 1.807) is 0 Å². The fourth-order valence-electron chi connectivity index (χ4n) is 1.96. The number of rotatable bonds is 8. The van der Waals surface area contributed by atoms with Gasteiger partial charge in [0.25, 0.3) is 0 Å². The molecule has 0 aliphatic heterocycles. The highest BCUT2D eigenvalue weighted by Gasteiger charge is 2.24. The quantitative estimate of drug-likeness (QED) is 0.748. The Hall–Kier alpha value is -0.870. The zero-order valence-corrected chi connectivity index (χ0v) is 12.1. The maximum absolute atomic E-state index is 9.50. The molecule has 0 saturated carbocycles. The molecule has 0 aromatic carbocycles. The fourth-order valence-corrected chi connectivity index (χ4v) is 1.96. The van der Waals surface area contributed by atoms with Gasteiger partial charge in [-0.2, -0.15) is 5.10 Å². The normalized spacial score (nSPS) is 13.8. The van der Waals surface area contributed by atoms with E-state index in [1.165, 1.54) is 0 Å². The molecule has 104 valence electrons. The van der Waals surface area contributed by atoms with E-state index in [0.717, 1.165) is 25.0 Å². The summed E-state index contributed by atoms with van der Waals surface area (Å²) in [6.07, 6.45) is 4.96. The predicted molar refractivity (Wildman–Crippen MR) is 74.5 cm³/mol. The second-order valence-electron chi connectivity index (χ2n) is 5.04. The van der Waals surface area contributed by atoms with Crippen LogP contribution in [0.15, 0.2) is 12.3 Å². The summed E-state index contributed by atoms with van der Waals surface area (Å²) in [5, 5.41) is 17.5. The molecule has 0 saturated heterocycles. The highest BCUT2D eigenvalue weighted by atomic mass is 16.3. The summed E-state index contributed by atoms with van der Waals surface area (Å²) in [6, 6.07) is 2.49. The Labute approximate surface area is 110 Å². The molecular formula is C14H27N3O. The van der Waals surface area contributed by atoms with Gasteiger partial charge in [-0.3, -0.25) is 4.68 Å². The van der Waals surface area contributed by atoms with E-state index in [4.69, 9.17) is 0 Å². The third-order valence-electron chi connectivity index (χ3n) is 4.01. The Kier molecular flexibility index (Phi) is 5.82. The van der Waals surface area contributed by atoms with Crippen LogP contribution in [0.3, 0.4) is 0 Å². The van der Waals surface area contributed by atoms with Crippen LogP contribution >= 0.6 is 0 Å². The van der Waals surface area contributed by atoms with E-state index in [1.807, 2.05) is 16.9 Å². The van der Waals surface area contributed by atoms with Crippen molar-refractivity contribution >= 4 is 0 Å². The van der Waals surface area contributed by atoms with Crippen LogP contribution in [0.25, 0.3) is 0 Å². The van der Waals surface area contributed by atoms with E-state index >= 15 is 0 Å². The first kappa shape index (κ1) is 15.2. The average Bonchev–Trinajstić information content (AvgIpc) is 2.89. The molecule has 1 heterocycles. The van der Waals surface area contributed by atoms with Crippen molar-refractivity contribution in [1.82, 2.24) is 15.1 Å². The first-order chi connectivity index (χ1) is 8.60. The molecule has 1 aromatic heterocycles. The topological polar surface area (TPSA) is 50.1 Å². The summed E-state index contributed by atoms with van der Waals surface area (Å²) in [4.78, 5) is 0. The molecule has 0 bridgehead atoms. The molecular weight excluding hydrogens is 226 g/mol. The van der Waals surface area contributed by atoms with Gasteiger partial charge in [-0.05, 0) is 32.3 Å². The zero-order chi connectivity index (χ0) is 13.6. The van der Waals surface area contributed by atoms with Crippen molar-refractivity contribution in [1.29, 1.82) is 0 Å². The lowest BCUT2D eigenvalue weighted by molar-refractivity contribution is 0.149. The monoisotopic (exact) mass is 253 g/mol. The Morgan fingerprint density at radius 2 is 2.06 bits per heavy atom. The molecule has 0 aliphatic rings. The van der Waals surface area contributed by atoms with Gasteiger partial charge >= 0.3 is 0 Å². The largest absolute Gasteiger partial charge is 0.394 e. The number of nitrogens with zero attached hydrogens (tertiary/aromatic N) is 2. The number of aliphatic hydroxyl groups is 1. The number of hydrogen-bond acceptors (Lipinski definition) is 3. The highest BCUT2D eigenvalue weighted by molar-refractivity contribution is 5.01. The Bertz CT molecular complexity index is 336. The number of nitrogens with one attached hydrogen (secondary N) is 1. The molecule has 2 N–H and O–H groups in total. The Morgan fingerprint density at radius 1 is 1.39 bits per heavy atom. The SMILES string of the molecule is CCC(C)n1ccc(CNC(CC)(CC)CO)n1. The summed E-state index contributed by atoms with van der Waals surface area (Å²) >= 11 is 0. The second-order valence-corrected chi connectivity index (χ2v) is 5.04. The van der Waals surface area contributed by atoms with Crippen LogP contribution in [-0.4, -0.2) is 27.0 Å². The van der Waals surface area contributed by atoms with E-state index in [0.29, 0.717) is 12.6 Å². The zero-order valence-electron chi connectivity index (χ0n) is 12.1. The highest BCUT2D eigenvalue weighted by Crippen LogP contribution is 2.15. The number of hydrogen-bond donors (Lipinski definition) is 2. The standard InChI is InChI=1S/C14H27N3O/c1-5-12(4)17-9-8-13(16-17)10-15-14(6-2,7-3)11-18/h8-9,12,15,18H,5-7,10-11H2,1-4H3. The summed E-state index contributed by atoms with van der Waals surface area (Å²) in [7, 11) is 0. The van der Waals surface area contributed by atoms with Gasteiger partial charge in [0.15, 0.2) is 0 Å². The van der Waals surface area contributed by atoms with Crippen molar-refractivity contribution in [2.24, 2.45) is 0 Å². The smallest absolute Gasteiger partial charge is 0.0762 e. The summed E-state index contributed by atoms with van der Waals surface area (Å²) in [5.74, 6) is 0. The van der Waals surface area contributed by atoms with Gasteiger partial charge in [0, 0.05) is 24.3 Å². The molecule has 0 aliphatic carbocycles. The molecule has 1 atom stereocenters. The van der Waals surface area contributed by atoms with E-state index < -0.39 is 0 Å². The van der Waals surface area contributed by atoms with Crippen LogP contribution in [0.4, 0.5) is 0 Å². The van der Waals surface area contributed by atoms with Crippen molar-refractivity contribution < 1.29 is 5.11 Å². The van der Waals surface area contributed by atoms with Gasteiger partial charge < -0.3 is 10.4 Å². The van der Waals surface area contributed by atoms with Gasteiger partial charge in [-0.1, -0.05) is 20.8 Å². The van der Waals surface area contributed by atoms with Gasteiger partial charge in [0.1, 0.15) is 0 Å². The van der Waals surface area contributed by atoms with Crippen LogP contribution in [0.2, 0.25) is 0 Å². The van der Waals surface area contributed by atoms with Crippen molar-refractivity contribution in [3.05, 3.63) is 18.0 Å². The Balaban J connectivity index is 2.60. The molecule has 18 heavy (non-hydrogen) atoms. The molecule has 1 unspecified atom stereocenters. The maximum atomic E-state index is 9.50. The fraction of sp³-hybridized carbons (Fsp3) is 0.786. The summed E-state index contributed by atoms with van der Waals surface area (Å²) < 4.78 is 2.01. The van der Waals surface area contributed by atoms with E-state index in [-0.39, 0.29) is 12.1 Å². The second kappa shape index (κ2) is 6.90. The van der Waals surface area contributed by atoms with Gasteiger partial charge in [0.2, 0.25) is 0 Å². The molecule has 0 fully saturated rings. The van der Waals surface area contributed by atoms with Crippen LogP contribution in [0.1, 0.15) is 58.7 Å². The number of aromatic nitrogens is 2. The lowest BCUT2D eigenvalue weighted by Gasteiger charge is -2.30. The van der Waals surface area contributed by atoms with Crippen LogP contribution in [0, 0.1) is 0 Å². The first-order valence-electron chi connectivity index (χ1n) is 7.00. The van der Waals surface area contributed by atoms with E-state index in [9.17, 15) is 5.11 Å². The van der Waals surface area contributed by atoms with Crippen molar-refractivity contribution in [3.63, 3.8) is 0 Å². The molecule has 0 radical (unpaired) electrons. The lowest BCUT2D eigenvalue weighted by atomic mass is 9.94. The minimum absolute atomic E-state index is 0.167. The van der Waals surface area contributed by atoms with Gasteiger partial charge in [-0.25, -0.2) is 0 Å². The van der Waals surface area contributed by atoms with Crippen molar-refractivity contribution in [2.75, 3.05) is 6.61 Å². The minimum atomic E-state index is -0.167. The van der Waals surface area contributed by atoms with E-state index in [2.05, 4.69) is 38.1 Å². The van der Waals surface area contributed by atoms with Crippen LogP contribution in [-0.2, 0) is 6.54 Å². The minimum Gasteiger partial charge on any atom is -0.394 e. The third kappa shape index (κ3) is 3.56. The molecule has 0 amide bonds. The summed E-state index contributed by atoms with van der Waals surface area (Å²) in [6.45, 7) is 9.42. The maximum Gasteiger partial charge on any atom is 0.0762 e. The van der Waals surface area contributed by atoms with Gasteiger partial charge in [-0.15, -0.1) is 0 Å². The molecule has 0 spiro atoms. The van der Waals surface area contributed by atoms with Gasteiger partial charge in [0.05, 0.1) is 12.3 Å². The van der Waals surface area contributed by atoms with Crippen LogP contribution < -0.4 is 5.32 Å². The van der Waals surface area contributed by atoms with Crippen molar-refractivity contribution in [2.45, 2.75) is 65.1 Å².